The van der Waals surface area contributed by atoms with E-state index >= 15 is 0 Å². The van der Waals surface area contributed by atoms with Crippen molar-refractivity contribution in [2.75, 3.05) is 13.2 Å². The quantitative estimate of drug-likeness (QED) is 0.634. The van der Waals surface area contributed by atoms with Gasteiger partial charge < -0.3 is 5.11 Å². The zero-order valence-electron chi connectivity index (χ0n) is 7.90. The number of carbonyl (C=O) groups excluding carboxylic acids is 2. The maximum absolute atomic E-state index is 11.7. The first-order chi connectivity index (χ1) is 6.75. The number of hydrogen-bond donors (Lipinski definition) is 1. The highest BCUT2D eigenvalue weighted by molar-refractivity contribution is 6.14. The predicted molar refractivity (Wildman–Crippen MR) is 49.2 cm³/mol. The van der Waals surface area contributed by atoms with Crippen molar-refractivity contribution < 1.29 is 14.7 Å². The SMILES string of the molecule is O=C1C2=CCCCC2C(=O)N1CCO. The molecule has 4 heteroatoms. The van der Waals surface area contributed by atoms with Crippen LogP contribution in [0.4, 0.5) is 0 Å². The largest absolute Gasteiger partial charge is 0.395 e. The third-order valence-electron chi connectivity index (χ3n) is 2.82. The lowest BCUT2D eigenvalue weighted by Gasteiger charge is -2.12. The van der Waals surface area contributed by atoms with Crippen LogP contribution in [0.3, 0.4) is 0 Å². The molecule has 1 unspecified atom stereocenters. The maximum Gasteiger partial charge on any atom is 0.256 e. The minimum atomic E-state index is -0.220. The Morgan fingerprint density at radius 2 is 2.29 bits per heavy atom. The van der Waals surface area contributed by atoms with Gasteiger partial charge in [-0.15, -0.1) is 0 Å². The van der Waals surface area contributed by atoms with Crippen LogP contribution in [0.25, 0.3) is 0 Å². The van der Waals surface area contributed by atoms with Crippen LogP contribution in [0.1, 0.15) is 19.3 Å². The lowest BCUT2D eigenvalue weighted by atomic mass is 9.90. The molecule has 1 aliphatic heterocycles. The molecule has 1 heterocycles. The molecular weight excluding hydrogens is 182 g/mol. The highest BCUT2D eigenvalue weighted by Crippen LogP contribution is 2.33. The summed E-state index contributed by atoms with van der Waals surface area (Å²) >= 11 is 0. The van der Waals surface area contributed by atoms with Crippen molar-refractivity contribution in [1.29, 1.82) is 0 Å². The van der Waals surface area contributed by atoms with Crippen LogP contribution in [-0.2, 0) is 9.59 Å². The fraction of sp³-hybridized carbons (Fsp3) is 0.600. The van der Waals surface area contributed by atoms with Gasteiger partial charge in [0.05, 0.1) is 19.1 Å². The van der Waals surface area contributed by atoms with Crippen molar-refractivity contribution in [3.8, 4) is 0 Å². The summed E-state index contributed by atoms with van der Waals surface area (Å²) in [5, 5.41) is 8.73. The lowest BCUT2D eigenvalue weighted by molar-refractivity contribution is -0.139. The number of imide groups is 1. The number of fused-ring (bicyclic) bond motifs is 1. The molecular formula is C10H13NO3. The second-order valence-corrected chi connectivity index (χ2v) is 3.66. The summed E-state index contributed by atoms with van der Waals surface area (Å²) in [6.07, 6.45) is 4.50. The molecule has 14 heavy (non-hydrogen) atoms. The molecule has 1 atom stereocenters. The van der Waals surface area contributed by atoms with Gasteiger partial charge >= 0.3 is 0 Å². The standard InChI is InChI=1S/C10H13NO3/c12-6-5-11-9(13)7-3-1-2-4-8(7)10(11)14/h3,8,12H,1-2,4-6H2. The number of β-amino-alcohol motifs (C(OH)–C–C–N with tert-alkyl or cyclic N) is 1. The molecule has 0 aromatic carbocycles. The zero-order valence-corrected chi connectivity index (χ0v) is 7.90. The fourth-order valence-electron chi connectivity index (χ4n) is 2.13. The van der Waals surface area contributed by atoms with E-state index in [2.05, 4.69) is 0 Å². The summed E-state index contributed by atoms with van der Waals surface area (Å²) in [6, 6.07) is 0. The molecule has 0 saturated carbocycles. The van der Waals surface area contributed by atoms with Gasteiger partial charge in [0.15, 0.2) is 0 Å². The zero-order chi connectivity index (χ0) is 10.1. The Bertz CT molecular complexity index is 308. The average molecular weight is 195 g/mol. The first kappa shape index (κ1) is 9.40. The predicted octanol–water partition coefficient (Wildman–Crippen LogP) is 0.0740. The van der Waals surface area contributed by atoms with Gasteiger partial charge in [-0.05, 0) is 19.3 Å². The van der Waals surface area contributed by atoms with Crippen LogP contribution < -0.4 is 0 Å². The molecule has 1 aliphatic carbocycles. The van der Waals surface area contributed by atoms with Crippen LogP contribution in [0.2, 0.25) is 0 Å². The molecule has 1 fully saturated rings. The van der Waals surface area contributed by atoms with Crippen LogP contribution in [0.5, 0.6) is 0 Å². The average Bonchev–Trinajstić information content (AvgIpc) is 2.45. The van der Waals surface area contributed by atoms with Gasteiger partial charge in [-0.25, -0.2) is 0 Å². The monoisotopic (exact) mass is 195 g/mol. The molecule has 0 spiro atoms. The van der Waals surface area contributed by atoms with Crippen molar-refractivity contribution in [3.05, 3.63) is 11.6 Å². The molecule has 0 radical (unpaired) electrons. The van der Waals surface area contributed by atoms with E-state index < -0.39 is 0 Å². The normalized spacial score (nSPS) is 26.5. The van der Waals surface area contributed by atoms with Gasteiger partial charge in [0, 0.05) is 5.57 Å². The van der Waals surface area contributed by atoms with Crippen LogP contribution in [0.15, 0.2) is 11.6 Å². The lowest BCUT2D eigenvalue weighted by Crippen LogP contribution is -2.33. The first-order valence-electron chi connectivity index (χ1n) is 4.92. The summed E-state index contributed by atoms with van der Waals surface area (Å²) in [5.41, 5.74) is 0.648. The first-order valence-corrected chi connectivity index (χ1v) is 4.92. The molecule has 76 valence electrons. The van der Waals surface area contributed by atoms with Crippen molar-refractivity contribution in [2.24, 2.45) is 5.92 Å². The number of allylic oxidation sites excluding steroid dienone is 1. The Kier molecular flexibility index (Phi) is 2.37. The number of hydrogen-bond acceptors (Lipinski definition) is 3. The van der Waals surface area contributed by atoms with E-state index in [4.69, 9.17) is 5.11 Å². The third-order valence-corrected chi connectivity index (χ3v) is 2.82. The summed E-state index contributed by atoms with van der Waals surface area (Å²) in [7, 11) is 0. The van der Waals surface area contributed by atoms with Gasteiger partial charge in [-0.3, -0.25) is 14.5 Å². The highest BCUT2D eigenvalue weighted by Gasteiger charge is 2.43. The molecule has 0 aromatic rings. The van der Waals surface area contributed by atoms with E-state index in [1.807, 2.05) is 6.08 Å². The molecule has 2 aliphatic rings. The minimum Gasteiger partial charge on any atom is -0.395 e. The van der Waals surface area contributed by atoms with Gasteiger partial charge in [0.25, 0.3) is 5.91 Å². The third kappa shape index (κ3) is 1.26. The summed E-state index contributed by atoms with van der Waals surface area (Å²) in [6.45, 7) is -0.0248. The topological polar surface area (TPSA) is 57.6 Å². The molecule has 1 N–H and O–H groups in total. The molecule has 0 aromatic heterocycles. The molecule has 2 rings (SSSR count). The van der Waals surface area contributed by atoms with E-state index in [1.165, 1.54) is 4.90 Å². The number of rotatable bonds is 2. The Labute approximate surface area is 82.2 Å². The Hall–Kier alpha value is -1.16. The smallest absolute Gasteiger partial charge is 0.256 e. The van der Waals surface area contributed by atoms with Gasteiger partial charge in [0.1, 0.15) is 0 Å². The number of aliphatic hydroxyl groups is 1. The molecule has 1 saturated heterocycles. The van der Waals surface area contributed by atoms with Crippen molar-refractivity contribution >= 4 is 11.8 Å². The van der Waals surface area contributed by atoms with E-state index in [9.17, 15) is 9.59 Å². The van der Waals surface area contributed by atoms with Crippen molar-refractivity contribution in [3.63, 3.8) is 0 Å². The number of nitrogens with zero attached hydrogens (tertiary/aromatic N) is 1. The molecule has 0 bridgehead atoms. The summed E-state index contributed by atoms with van der Waals surface area (Å²) < 4.78 is 0. The Balaban J connectivity index is 2.26. The highest BCUT2D eigenvalue weighted by atomic mass is 16.3. The van der Waals surface area contributed by atoms with Crippen LogP contribution >= 0.6 is 0 Å². The minimum absolute atomic E-state index is 0.130. The Morgan fingerprint density at radius 1 is 1.50 bits per heavy atom. The van der Waals surface area contributed by atoms with Gasteiger partial charge in [0.2, 0.25) is 5.91 Å². The summed E-state index contributed by atoms with van der Waals surface area (Å²) in [4.78, 5) is 24.5. The van der Waals surface area contributed by atoms with Crippen LogP contribution in [0, 0.1) is 5.92 Å². The van der Waals surface area contributed by atoms with Crippen molar-refractivity contribution in [1.82, 2.24) is 4.90 Å². The summed E-state index contributed by atoms with van der Waals surface area (Å²) in [5.74, 6) is -0.549. The number of likely N-dealkylation sites (tertiary alicyclic amines) is 1. The molecule has 2 amide bonds. The molecule has 4 nitrogen and oxygen atoms in total. The number of amides is 2. The second-order valence-electron chi connectivity index (χ2n) is 3.66. The fourth-order valence-corrected chi connectivity index (χ4v) is 2.13. The van der Waals surface area contributed by atoms with E-state index in [1.54, 1.807) is 0 Å². The van der Waals surface area contributed by atoms with E-state index in [0.717, 1.165) is 19.3 Å². The van der Waals surface area contributed by atoms with E-state index in [0.29, 0.717) is 5.57 Å². The van der Waals surface area contributed by atoms with Gasteiger partial charge in [-0.1, -0.05) is 6.08 Å². The number of carbonyl (C=O) groups is 2. The van der Waals surface area contributed by atoms with Crippen LogP contribution in [-0.4, -0.2) is 35.0 Å². The second kappa shape index (κ2) is 3.53. The van der Waals surface area contributed by atoms with Crippen molar-refractivity contribution in [2.45, 2.75) is 19.3 Å². The maximum atomic E-state index is 11.7. The number of aliphatic hydroxyl groups excluding tert-OH is 1. The Morgan fingerprint density at radius 3 is 2.93 bits per heavy atom. The van der Waals surface area contributed by atoms with Gasteiger partial charge in [-0.2, -0.15) is 0 Å². The van der Waals surface area contributed by atoms with E-state index in [-0.39, 0.29) is 30.9 Å².